The molecule has 158 valence electrons. The number of hydrogen-bond donors (Lipinski definition) is 4. The van der Waals surface area contributed by atoms with Gasteiger partial charge in [0.1, 0.15) is 29.9 Å². The third kappa shape index (κ3) is 5.29. The Morgan fingerprint density at radius 3 is 2.56 bits per heavy atom. The minimum absolute atomic E-state index is 0.147. The van der Waals surface area contributed by atoms with E-state index in [1.807, 2.05) is 11.9 Å². The quantitative estimate of drug-likeness (QED) is 0.438. The highest BCUT2D eigenvalue weighted by atomic mass is 35.5. The highest BCUT2D eigenvalue weighted by molar-refractivity contribution is 7.99. The van der Waals surface area contributed by atoms with Crippen LogP contribution < -0.4 is 5.32 Å². The van der Waals surface area contributed by atoms with Gasteiger partial charge in [-0.15, -0.1) is 23.4 Å². The second kappa shape index (κ2) is 10.1. The Hall–Kier alpha value is -0.0900. The summed E-state index contributed by atoms with van der Waals surface area (Å²) < 4.78 is 5.79. The minimum atomic E-state index is -1.36. The smallest absolute Gasteiger partial charge is 0.237 e. The summed E-state index contributed by atoms with van der Waals surface area (Å²) in [5.41, 5.74) is -0.702. The van der Waals surface area contributed by atoms with Gasteiger partial charge in [-0.2, -0.15) is 0 Å². The number of nitrogens with zero attached hydrogens (tertiary/aromatic N) is 1. The number of alkyl halides is 1. The van der Waals surface area contributed by atoms with Crippen LogP contribution in [0.4, 0.5) is 0 Å². The standard InChI is InChI=1S/C18H33ClN2O5S/c1-5-6-10-7-11(21(3)8-10)17(25)20-12(9(2)19)16-14(23)13(22)15(24)18(26-16)27-4/h9-16,18,22-24H,5-8H2,1-4H3,(H,20,25)/t9?,10?,11?,12?,13-,14+,15+,16+,18+/m0/s1. The lowest BCUT2D eigenvalue weighted by Crippen LogP contribution is -2.65. The predicted octanol–water partition coefficient (Wildman–Crippen LogP) is 0.390. The van der Waals surface area contributed by atoms with Crippen LogP contribution in [0.2, 0.25) is 0 Å². The van der Waals surface area contributed by atoms with Crippen LogP contribution in [0.5, 0.6) is 0 Å². The zero-order valence-corrected chi connectivity index (χ0v) is 18.0. The third-order valence-electron chi connectivity index (χ3n) is 5.63. The summed E-state index contributed by atoms with van der Waals surface area (Å²) >= 11 is 7.55. The van der Waals surface area contributed by atoms with Crippen LogP contribution in [0.25, 0.3) is 0 Å². The van der Waals surface area contributed by atoms with Crippen LogP contribution in [0, 0.1) is 5.92 Å². The number of aliphatic hydroxyl groups is 3. The second-order valence-corrected chi connectivity index (χ2v) is 9.36. The molecule has 27 heavy (non-hydrogen) atoms. The van der Waals surface area contributed by atoms with Crippen molar-refractivity contribution in [2.45, 2.75) is 80.4 Å². The predicted molar refractivity (Wildman–Crippen MR) is 107 cm³/mol. The van der Waals surface area contributed by atoms with E-state index < -0.39 is 41.3 Å². The van der Waals surface area contributed by atoms with Crippen molar-refractivity contribution in [3.05, 3.63) is 0 Å². The molecule has 0 aliphatic carbocycles. The molecule has 0 bridgehead atoms. The van der Waals surface area contributed by atoms with E-state index in [9.17, 15) is 20.1 Å². The lowest BCUT2D eigenvalue weighted by Gasteiger charge is -2.44. The molecule has 2 heterocycles. The summed E-state index contributed by atoms with van der Waals surface area (Å²) in [6.07, 6.45) is -0.0980. The van der Waals surface area contributed by atoms with Crippen LogP contribution in [-0.2, 0) is 9.53 Å². The second-order valence-electron chi connectivity index (χ2n) is 7.73. The Balaban J connectivity index is 2.09. The fraction of sp³-hybridized carbons (Fsp3) is 0.944. The maximum absolute atomic E-state index is 12.9. The molecule has 0 spiro atoms. The first kappa shape index (κ1) is 23.2. The normalized spacial score (nSPS) is 39.9. The number of likely N-dealkylation sites (N-methyl/N-ethyl adjacent to an activating group) is 1. The summed E-state index contributed by atoms with van der Waals surface area (Å²) in [5, 5.41) is 33.0. The number of hydrogen-bond acceptors (Lipinski definition) is 7. The molecule has 2 fully saturated rings. The topological polar surface area (TPSA) is 102 Å². The Kier molecular flexibility index (Phi) is 8.67. The molecule has 4 unspecified atom stereocenters. The summed E-state index contributed by atoms with van der Waals surface area (Å²) in [6, 6.07) is -0.934. The number of ether oxygens (including phenoxy) is 1. The molecule has 0 saturated carbocycles. The molecule has 2 saturated heterocycles. The van der Waals surface area contributed by atoms with Crippen molar-refractivity contribution in [3.63, 3.8) is 0 Å². The van der Waals surface area contributed by atoms with Crippen LogP contribution in [-0.4, -0.2) is 93.3 Å². The Morgan fingerprint density at radius 2 is 2.00 bits per heavy atom. The van der Waals surface area contributed by atoms with Gasteiger partial charge in [0, 0.05) is 6.54 Å². The van der Waals surface area contributed by atoms with Gasteiger partial charge in [-0.1, -0.05) is 13.3 Å². The molecule has 2 aliphatic rings. The number of rotatable bonds is 7. The average Bonchev–Trinajstić information content (AvgIpc) is 2.99. The molecule has 0 aromatic carbocycles. The van der Waals surface area contributed by atoms with Gasteiger partial charge < -0.3 is 25.4 Å². The molecule has 9 heteroatoms. The van der Waals surface area contributed by atoms with E-state index >= 15 is 0 Å². The SMILES string of the molecule is CCCC1CC(C(=O)NC(C(C)Cl)[C@H]2O[C@H](SC)[C@H](O)[C@@H](O)[C@H]2O)N(C)C1. The van der Waals surface area contributed by atoms with Gasteiger partial charge in [-0.3, -0.25) is 9.69 Å². The zero-order valence-electron chi connectivity index (χ0n) is 16.4. The first-order valence-corrected chi connectivity index (χ1v) is 11.3. The van der Waals surface area contributed by atoms with Crippen molar-refractivity contribution in [2.75, 3.05) is 19.8 Å². The maximum atomic E-state index is 12.9. The Morgan fingerprint density at radius 1 is 1.33 bits per heavy atom. The number of likely N-dealkylation sites (tertiary alicyclic amines) is 1. The molecule has 9 atom stereocenters. The first-order valence-electron chi connectivity index (χ1n) is 9.58. The Labute approximate surface area is 170 Å². The van der Waals surface area contributed by atoms with E-state index in [-0.39, 0.29) is 11.9 Å². The van der Waals surface area contributed by atoms with Gasteiger partial charge in [-0.05, 0) is 39.0 Å². The molecule has 0 aromatic heterocycles. The molecule has 0 aromatic rings. The number of halogens is 1. The van der Waals surface area contributed by atoms with Gasteiger partial charge in [0.05, 0.1) is 17.5 Å². The highest BCUT2D eigenvalue weighted by Gasteiger charge is 2.48. The molecule has 2 aliphatic heterocycles. The third-order valence-corrected chi connectivity index (χ3v) is 6.76. The lowest BCUT2D eigenvalue weighted by atomic mass is 9.92. The molecular weight excluding hydrogens is 392 g/mol. The summed E-state index contributed by atoms with van der Waals surface area (Å²) in [5.74, 6) is 0.350. The summed E-state index contributed by atoms with van der Waals surface area (Å²) in [4.78, 5) is 14.9. The summed E-state index contributed by atoms with van der Waals surface area (Å²) in [7, 11) is 1.94. The molecule has 2 rings (SSSR count). The zero-order chi connectivity index (χ0) is 20.3. The summed E-state index contributed by atoms with van der Waals surface area (Å²) in [6.45, 7) is 4.74. The number of nitrogens with one attached hydrogen (secondary N) is 1. The fourth-order valence-electron chi connectivity index (χ4n) is 4.11. The minimum Gasteiger partial charge on any atom is -0.388 e. The van der Waals surface area contributed by atoms with E-state index in [0.717, 1.165) is 25.8 Å². The van der Waals surface area contributed by atoms with Gasteiger partial charge in [-0.25, -0.2) is 0 Å². The van der Waals surface area contributed by atoms with Gasteiger partial charge in [0.25, 0.3) is 0 Å². The molecule has 1 amide bonds. The van der Waals surface area contributed by atoms with Crippen LogP contribution in [0.15, 0.2) is 0 Å². The van der Waals surface area contributed by atoms with E-state index in [4.69, 9.17) is 16.3 Å². The van der Waals surface area contributed by atoms with Gasteiger partial charge in [0.2, 0.25) is 5.91 Å². The molecular formula is C18H33ClN2O5S. The molecule has 0 radical (unpaired) electrons. The molecule has 4 N–H and O–H groups in total. The monoisotopic (exact) mass is 424 g/mol. The van der Waals surface area contributed by atoms with Crippen LogP contribution >= 0.6 is 23.4 Å². The molecule has 7 nitrogen and oxygen atoms in total. The van der Waals surface area contributed by atoms with Crippen LogP contribution in [0.3, 0.4) is 0 Å². The number of carbonyl (C=O) groups excluding carboxylic acids is 1. The largest absolute Gasteiger partial charge is 0.388 e. The van der Waals surface area contributed by atoms with Gasteiger partial charge in [0.15, 0.2) is 0 Å². The fourth-order valence-corrected chi connectivity index (χ4v) is 5.00. The number of carbonyl (C=O) groups is 1. The van der Waals surface area contributed by atoms with E-state index in [1.54, 1.807) is 13.2 Å². The Bertz CT molecular complexity index is 498. The number of aliphatic hydroxyl groups excluding tert-OH is 3. The highest BCUT2D eigenvalue weighted by Crippen LogP contribution is 2.31. The van der Waals surface area contributed by atoms with Crippen molar-refractivity contribution in [3.8, 4) is 0 Å². The maximum Gasteiger partial charge on any atom is 0.237 e. The van der Waals surface area contributed by atoms with Crippen molar-refractivity contribution < 1.29 is 24.9 Å². The first-order chi connectivity index (χ1) is 12.7. The van der Waals surface area contributed by atoms with Crippen molar-refractivity contribution >= 4 is 29.3 Å². The average molecular weight is 425 g/mol. The number of amides is 1. The lowest BCUT2D eigenvalue weighted by molar-refractivity contribution is -0.205. The van der Waals surface area contributed by atoms with E-state index in [1.165, 1.54) is 11.8 Å². The van der Waals surface area contributed by atoms with Crippen LogP contribution in [0.1, 0.15) is 33.1 Å². The van der Waals surface area contributed by atoms with Crippen molar-refractivity contribution in [1.29, 1.82) is 0 Å². The van der Waals surface area contributed by atoms with Crippen molar-refractivity contribution in [2.24, 2.45) is 5.92 Å². The number of thioether (sulfide) groups is 1. The van der Waals surface area contributed by atoms with E-state index in [0.29, 0.717) is 5.92 Å². The van der Waals surface area contributed by atoms with E-state index in [2.05, 4.69) is 12.2 Å². The van der Waals surface area contributed by atoms with Gasteiger partial charge >= 0.3 is 0 Å². The van der Waals surface area contributed by atoms with Crippen molar-refractivity contribution in [1.82, 2.24) is 10.2 Å².